The number of aromatic nitrogens is 1. The van der Waals surface area contributed by atoms with Crippen LogP contribution in [0.2, 0.25) is 0 Å². The molecule has 34 heavy (non-hydrogen) atoms. The van der Waals surface area contributed by atoms with E-state index >= 15 is 0 Å². The van der Waals surface area contributed by atoms with Gasteiger partial charge in [-0.05, 0) is 41.5 Å². The number of ether oxygens (including phenoxy) is 3. The van der Waals surface area contributed by atoms with Gasteiger partial charge in [0.05, 0.1) is 4.90 Å². The summed E-state index contributed by atoms with van der Waals surface area (Å²) in [6.45, 7) is -6.42. The number of benzene rings is 2. The van der Waals surface area contributed by atoms with Gasteiger partial charge >= 0.3 is 13.2 Å². The lowest BCUT2D eigenvalue weighted by Gasteiger charge is -2.16. The molecule has 1 aromatic heterocycles. The summed E-state index contributed by atoms with van der Waals surface area (Å²) < 4.78 is 87.1. The van der Waals surface area contributed by atoms with E-state index in [9.17, 15) is 31.1 Å². The number of aliphatic hydroxyl groups is 1. The summed E-state index contributed by atoms with van der Waals surface area (Å²) in [5, 5.41) is 10.6. The molecule has 0 aliphatic rings. The van der Waals surface area contributed by atoms with E-state index in [1.165, 1.54) is 36.5 Å². The van der Waals surface area contributed by atoms with Gasteiger partial charge in [0.25, 0.3) is 0 Å². The van der Waals surface area contributed by atoms with E-state index in [0.29, 0.717) is 5.56 Å². The zero-order valence-electron chi connectivity index (χ0n) is 17.6. The van der Waals surface area contributed by atoms with E-state index in [2.05, 4.69) is 14.5 Å². The van der Waals surface area contributed by atoms with Gasteiger partial charge in [-0.2, -0.15) is 17.6 Å². The number of hydrogen-bond donors (Lipinski definition) is 1. The number of alkyl halides is 4. The van der Waals surface area contributed by atoms with E-state index in [0.717, 1.165) is 18.4 Å². The van der Waals surface area contributed by atoms with Gasteiger partial charge in [0.2, 0.25) is 5.88 Å². The van der Waals surface area contributed by atoms with E-state index in [1.54, 1.807) is 12.1 Å². The molecule has 0 aliphatic heterocycles. The topological polar surface area (TPSA) is 95.0 Å². The number of pyridine rings is 1. The van der Waals surface area contributed by atoms with Crippen LogP contribution in [0.4, 0.5) is 17.6 Å². The van der Waals surface area contributed by atoms with Crippen LogP contribution in [0.5, 0.6) is 17.4 Å². The van der Waals surface area contributed by atoms with Crippen molar-refractivity contribution in [1.82, 2.24) is 4.98 Å². The van der Waals surface area contributed by atoms with Gasteiger partial charge in [0.15, 0.2) is 21.3 Å². The van der Waals surface area contributed by atoms with E-state index in [4.69, 9.17) is 4.74 Å². The average Bonchev–Trinajstić information content (AvgIpc) is 2.78. The molecular formula is C22H19F4NO6S. The van der Waals surface area contributed by atoms with Gasteiger partial charge < -0.3 is 19.3 Å². The Hall–Kier alpha value is -3.38. The molecule has 2 aromatic carbocycles. The molecule has 3 rings (SSSR count). The number of aliphatic hydroxyl groups excluding tert-OH is 1. The van der Waals surface area contributed by atoms with E-state index in [1.807, 2.05) is 0 Å². The lowest BCUT2D eigenvalue weighted by Crippen LogP contribution is -2.09. The minimum atomic E-state index is -3.30. The maximum atomic E-state index is 12.6. The van der Waals surface area contributed by atoms with Crippen molar-refractivity contribution in [3.8, 4) is 17.4 Å². The minimum absolute atomic E-state index is 0.0821. The monoisotopic (exact) mass is 501 g/mol. The van der Waals surface area contributed by atoms with Crippen molar-refractivity contribution in [3.63, 3.8) is 0 Å². The smallest absolute Gasteiger partial charge is 0.387 e. The Morgan fingerprint density at radius 2 is 1.50 bits per heavy atom. The Bertz CT molecular complexity index is 1210. The molecule has 0 saturated carbocycles. The fraction of sp³-hybridized carbons (Fsp3) is 0.227. The first kappa shape index (κ1) is 25.2. The van der Waals surface area contributed by atoms with Crippen molar-refractivity contribution in [2.24, 2.45) is 0 Å². The van der Waals surface area contributed by atoms with Crippen molar-refractivity contribution in [2.45, 2.75) is 30.8 Å². The third kappa shape index (κ3) is 6.81. The van der Waals surface area contributed by atoms with Crippen LogP contribution < -0.4 is 14.2 Å². The fourth-order valence-corrected chi connectivity index (χ4v) is 3.53. The first-order valence-corrected chi connectivity index (χ1v) is 11.5. The number of halogens is 4. The highest BCUT2D eigenvalue weighted by Gasteiger charge is 2.19. The van der Waals surface area contributed by atoms with Crippen LogP contribution in [0.3, 0.4) is 0 Å². The van der Waals surface area contributed by atoms with Crippen LogP contribution in [0, 0.1) is 0 Å². The maximum Gasteiger partial charge on any atom is 0.387 e. The molecule has 1 unspecified atom stereocenters. The quantitative estimate of drug-likeness (QED) is 0.413. The van der Waals surface area contributed by atoms with E-state index in [-0.39, 0.29) is 28.5 Å². The van der Waals surface area contributed by atoms with Crippen LogP contribution >= 0.6 is 0 Å². The standard InChI is InChI=1S/C22H19F4NO6S/c1-34(29,30)16-6-2-13(3-7-16)12-31-19-9-5-15(11-27-19)20(28)14-4-8-17(32-21(23)24)18(10-14)33-22(25)26/h2-11,20-22,28H,12H2,1H3. The van der Waals surface area contributed by atoms with Crippen LogP contribution in [0.15, 0.2) is 65.7 Å². The highest BCUT2D eigenvalue weighted by atomic mass is 32.2. The lowest BCUT2D eigenvalue weighted by atomic mass is 10.0. The number of sulfone groups is 1. The fourth-order valence-electron chi connectivity index (χ4n) is 2.90. The Balaban J connectivity index is 1.69. The van der Waals surface area contributed by atoms with Crippen molar-refractivity contribution in [3.05, 3.63) is 77.5 Å². The third-order valence-electron chi connectivity index (χ3n) is 4.53. The molecule has 1 N–H and O–H groups in total. The molecule has 0 bridgehead atoms. The van der Waals surface area contributed by atoms with E-state index < -0.39 is 40.7 Å². The van der Waals surface area contributed by atoms with Gasteiger partial charge in [-0.25, -0.2) is 13.4 Å². The summed E-state index contributed by atoms with van der Waals surface area (Å²) in [6.07, 6.45) is 1.08. The molecule has 3 aromatic rings. The number of rotatable bonds is 10. The van der Waals surface area contributed by atoms with Crippen LogP contribution in [-0.4, -0.2) is 38.0 Å². The first-order chi connectivity index (χ1) is 16.0. The summed E-state index contributed by atoms with van der Waals surface area (Å²) in [5.41, 5.74) is 1.06. The summed E-state index contributed by atoms with van der Waals surface area (Å²) in [5.74, 6) is -1.04. The maximum absolute atomic E-state index is 12.6. The second kappa shape index (κ2) is 10.7. The number of nitrogens with zero attached hydrogens (tertiary/aromatic N) is 1. The molecular weight excluding hydrogens is 482 g/mol. The lowest BCUT2D eigenvalue weighted by molar-refractivity contribution is -0.0693. The molecule has 0 saturated heterocycles. The Labute approximate surface area is 192 Å². The first-order valence-electron chi connectivity index (χ1n) is 9.62. The highest BCUT2D eigenvalue weighted by molar-refractivity contribution is 7.90. The summed E-state index contributed by atoms with van der Waals surface area (Å²) >= 11 is 0. The van der Waals surface area contributed by atoms with Gasteiger partial charge in [0.1, 0.15) is 12.7 Å². The van der Waals surface area contributed by atoms with Crippen LogP contribution in [0.1, 0.15) is 22.8 Å². The van der Waals surface area contributed by atoms with Crippen LogP contribution in [-0.2, 0) is 16.4 Å². The zero-order valence-corrected chi connectivity index (χ0v) is 18.4. The van der Waals surface area contributed by atoms with Gasteiger partial charge in [-0.15, -0.1) is 0 Å². The molecule has 182 valence electrons. The predicted octanol–water partition coefficient (Wildman–Crippen LogP) is 4.35. The summed E-state index contributed by atoms with van der Waals surface area (Å²) in [4.78, 5) is 4.26. The molecule has 7 nitrogen and oxygen atoms in total. The highest BCUT2D eigenvalue weighted by Crippen LogP contribution is 2.34. The second-order valence-corrected chi connectivity index (χ2v) is 9.02. The molecule has 1 heterocycles. The third-order valence-corrected chi connectivity index (χ3v) is 5.66. The predicted molar refractivity (Wildman–Crippen MR) is 112 cm³/mol. The Morgan fingerprint density at radius 1 is 0.882 bits per heavy atom. The van der Waals surface area contributed by atoms with Gasteiger partial charge in [-0.3, -0.25) is 0 Å². The summed E-state index contributed by atoms with van der Waals surface area (Å²) in [6, 6.07) is 12.3. The van der Waals surface area contributed by atoms with Crippen molar-refractivity contribution in [1.29, 1.82) is 0 Å². The molecule has 0 aliphatic carbocycles. The second-order valence-electron chi connectivity index (χ2n) is 7.00. The Morgan fingerprint density at radius 3 is 2.06 bits per heavy atom. The zero-order chi connectivity index (χ0) is 24.9. The van der Waals surface area contributed by atoms with Gasteiger partial charge in [-0.1, -0.05) is 18.2 Å². The van der Waals surface area contributed by atoms with Gasteiger partial charge in [0, 0.05) is 24.1 Å². The number of hydrogen-bond acceptors (Lipinski definition) is 7. The SMILES string of the molecule is CS(=O)(=O)c1ccc(COc2ccc(C(O)c3ccc(OC(F)F)c(OC(F)F)c3)cn2)cc1. The van der Waals surface area contributed by atoms with Crippen LogP contribution in [0.25, 0.3) is 0 Å². The molecule has 0 amide bonds. The normalized spacial score (nSPS) is 12.6. The largest absolute Gasteiger partial charge is 0.473 e. The molecule has 0 fully saturated rings. The molecule has 1 atom stereocenters. The average molecular weight is 501 g/mol. The molecule has 0 spiro atoms. The minimum Gasteiger partial charge on any atom is -0.473 e. The summed E-state index contributed by atoms with van der Waals surface area (Å²) in [7, 11) is -3.30. The Kier molecular flexibility index (Phi) is 7.94. The van der Waals surface area contributed by atoms with Crippen molar-refractivity contribution in [2.75, 3.05) is 6.26 Å². The molecule has 0 radical (unpaired) electrons. The van der Waals surface area contributed by atoms with Crippen molar-refractivity contribution < 1.29 is 45.3 Å². The van der Waals surface area contributed by atoms with Crippen molar-refractivity contribution >= 4 is 9.84 Å². The molecule has 12 heteroatoms.